The van der Waals surface area contributed by atoms with Gasteiger partial charge in [0.1, 0.15) is 13.2 Å². The van der Waals surface area contributed by atoms with E-state index in [1.807, 2.05) is 0 Å². The summed E-state index contributed by atoms with van der Waals surface area (Å²) in [5, 5.41) is 0. The molecule has 0 saturated carbocycles. The Morgan fingerprint density at radius 3 is 1.50 bits per heavy atom. The quantitative estimate of drug-likeness (QED) is 0.457. The molecule has 0 aliphatic rings. The highest BCUT2D eigenvalue weighted by Crippen LogP contribution is 2.03. The molecule has 2 unspecified atom stereocenters. The third-order valence-electron chi connectivity index (χ3n) is 2.03. The van der Waals surface area contributed by atoms with Gasteiger partial charge in [-0.05, 0) is 26.7 Å². The number of ether oxygens (including phenoxy) is 2. The van der Waals surface area contributed by atoms with Crippen LogP contribution in [0.25, 0.3) is 0 Å². The van der Waals surface area contributed by atoms with Gasteiger partial charge in [-0.25, -0.2) is 0 Å². The Labute approximate surface area is 108 Å². The van der Waals surface area contributed by atoms with Crippen LogP contribution in [0.3, 0.4) is 0 Å². The maximum atomic E-state index is 11.2. The van der Waals surface area contributed by atoms with E-state index in [0.29, 0.717) is 25.7 Å². The summed E-state index contributed by atoms with van der Waals surface area (Å²) in [5.41, 5.74) is 10.9. The van der Waals surface area contributed by atoms with Crippen molar-refractivity contribution in [2.24, 2.45) is 11.5 Å². The molecule has 0 radical (unpaired) electrons. The van der Waals surface area contributed by atoms with E-state index < -0.39 is 0 Å². The second-order valence-corrected chi connectivity index (χ2v) is 4.53. The molecule has 0 spiro atoms. The van der Waals surface area contributed by atoms with Gasteiger partial charge in [0.25, 0.3) is 0 Å². The SMILES string of the molecule is CC(N)COC(=O)CCCCC(=O)OCC(C)N. The number of carbonyl (C=O) groups is 2. The number of nitrogens with two attached hydrogens (primary N) is 2. The van der Waals surface area contributed by atoms with Gasteiger partial charge >= 0.3 is 11.9 Å². The topological polar surface area (TPSA) is 105 Å². The Hall–Kier alpha value is -1.14. The largest absolute Gasteiger partial charge is 0.464 e. The molecule has 0 aliphatic carbocycles. The Bertz CT molecular complexity index is 228. The maximum absolute atomic E-state index is 11.2. The number of rotatable bonds is 9. The Kier molecular flexibility index (Phi) is 9.22. The normalized spacial score (nSPS) is 13.8. The Morgan fingerprint density at radius 2 is 1.22 bits per heavy atom. The van der Waals surface area contributed by atoms with Crippen molar-refractivity contribution in [2.75, 3.05) is 13.2 Å². The molecule has 0 aliphatic heterocycles. The maximum Gasteiger partial charge on any atom is 0.305 e. The molecule has 6 nitrogen and oxygen atoms in total. The highest BCUT2D eigenvalue weighted by atomic mass is 16.5. The third kappa shape index (κ3) is 11.3. The molecular weight excluding hydrogens is 236 g/mol. The van der Waals surface area contributed by atoms with Crippen molar-refractivity contribution in [3.63, 3.8) is 0 Å². The van der Waals surface area contributed by atoms with Crippen LogP contribution < -0.4 is 11.5 Å². The standard InChI is InChI=1S/C12H24N2O4/c1-9(13)7-17-11(15)5-3-4-6-12(16)18-8-10(2)14/h9-10H,3-8,13-14H2,1-2H3. The van der Waals surface area contributed by atoms with Crippen molar-refractivity contribution in [2.45, 2.75) is 51.6 Å². The molecule has 0 fully saturated rings. The molecule has 106 valence electrons. The summed E-state index contributed by atoms with van der Waals surface area (Å²) in [7, 11) is 0. The predicted octanol–water partition coefficient (Wildman–Crippen LogP) is 0.328. The highest BCUT2D eigenvalue weighted by Gasteiger charge is 2.07. The Balaban J connectivity index is 3.44. The summed E-state index contributed by atoms with van der Waals surface area (Å²) < 4.78 is 9.79. The van der Waals surface area contributed by atoms with E-state index in [1.54, 1.807) is 13.8 Å². The van der Waals surface area contributed by atoms with E-state index in [9.17, 15) is 9.59 Å². The zero-order valence-corrected chi connectivity index (χ0v) is 11.2. The summed E-state index contributed by atoms with van der Waals surface area (Å²) in [6.45, 7) is 3.99. The summed E-state index contributed by atoms with van der Waals surface area (Å²) in [6, 6.07) is -0.302. The van der Waals surface area contributed by atoms with Gasteiger partial charge in [0.2, 0.25) is 0 Å². The fourth-order valence-corrected chi connectivity index (χ4v) is 1.13. The van der Waals surface area contributed by atoms with Crippen molar-refractivity contribution in [1.82, 2.24) is 0 Å². The van der Waals surface area contributed by atoms with Crippen LogP contribution in [-0.4, -0.2) is 37.2 Å². The Morgan fingerprint density at radius 1 is 0.889 bits per heavy atom. The molecule has 18 heavy (non-hydrogen) atoms. The van der Waals surface area contributed by atoms with Crippen LogP contribution in [-0.2, 0) is 19.1 Å². The number of carbonyl (C=O) groups excluding carboxylic acids is 2. The zero-order chi connectivity index (χ0) is 14.0. The van der Waals surface area contributed by atoms with Gasteiger partial charge in [-0.1, -0.05) is 0 Å². The van der Waals surface area contributed by atoms with E-state index in [4.69, 9.17) is 20.9 Å². The van der Waals surface area contributed by atoms with E-state index in [2.05, 4.69) is 0 Å². The van der Waals surface area contributed by atoms with E-state index in [-0.39, 0.29) is 37.2 Å². The number of hydrogen-bond donors (Lipinski definition) is 2. The third-order valence-corrected chi connectivity index (χ3v) is 2.03. The second-order valence-electron chi connectivity index (χ2n) is 4.53. The van der Waals surface area contributed by atoms with E-state index in [1.165, 1.54) is 0 Å². The van der Waals surface area contributed by atoms with Gasteiger partial charge in [0.15, 0.2) is 0 Å². The average Bonchev–Trinajstić information content (AvgIpc) is 2.29. The number of hydrogen-bond acceptors (Lipinski definition) is 6. The van der Waals surface area contributed by atoms with Crippen LogP contribution in [0.15, 0.2) is 0 Å². The molecule has 0 aromatic heterocycles. The fourth-order valence-electron chi connectivity index (χ4n) is 1.13. The zero-order valence-electron chi connectivity index (χ0n) is 11.2. The van der Waals surface area contributed by atoms with Crippen LogP contribution in [0.1, 0.15) is 39.5 Å². The molecule has 0 heterocycles. The van der Waals surface area contributed by atoms with Gasteiger partial charge in [-0.2, -0.15) is 0 Å². The average molecular weight is 260 g/mol. The van der Waals surface area contributed by atoms with Crippen molar-refractivity contribution in [1.29, 1.82) is 0 Å². The molecule has 4 N–H and O–H groups in total. The summed E-state index contributed by atoms with van der Waals surface area (Å²) in [5.74, 6) is -0.563. The highest BCUT2D eigenvalue weighted by molar-refractivity contribution is 5.70. The lowest BCUT2D eigenvalue weighted by Crippen LogP contribution is -2.24. The summed E-state index contributed by atoms with van der Waals surface area (Å²) >= 11 is 0. The van der Waals surface area contributed by atoms with Gasteiger partial charge in [0.05, 0.1) is 0 Å². The first-order valence-corrected chi connectivity index (χ1v) is 6.24. The first kappa shape index (κ1) is 16.9. The van der Waals surface area contributed by atoms with Crippen molar-refractivity contribution >= 4 is 11.9 Å². The molecule has 0 aromatic carbocycles. The first-order valence-electron chi connectivity index (χ1n) is 6.24. The van der Waals surface area contributed by atoms with E-state index in [0.717, 1.165) is 0 Å². The fraction of sp³-hybridized carbons (Fsp3) is 0.833. The predicted molar refractivity (Wildman–Crippen MR) is 67.7 cm³/mol. The number of esters is 2. The molecule has 0 aromatic rings. The van der Waals surface area contributed by atoms with Gasteiger partial charge in [0, 0.05) is 24.9 Å². The molecule has 2 atom stereocenters. The smallest absolute Gasteiger partial charge is 0.305 e. The van der Waals surface area contributed by atoms with Crippen molar-refractivity contribution < 1.29 is 19.1 Å². The minimum absolute atomic E-state index is 0.151. The lowest BCUT2D eigenvalue weighted by Gasteiger charge is -2.08. The van der Waals surface area contributed by atoms with E-state index >= 15 is 0 Å². The second kappa shape index (κ2) is 9.85. The van der Waals surface area contributed by atoms with Crippen LogP contribution in [0.4, 0.5) is 0 Å². The summed E-state index contributed by atoms with van der Waals surface area (Å²) in [6.07, 6.45) is 1.80. The van der Waals surface area contributed by atoms with Crippen LogP contribution in [0.5, 0.6) is 0 Å². The molecule has 0 saturated heterocycles. The molecule has 0 bridgehead atoms. The lowest BCUT2D eigenvalue weighted by atomic mass is 10.2. The molecule has 6 heteroatoms. The van der Waals surface area contributed by atoms with Crippen molar-refractivity contribution in [3.8, 4) is 0 Å². The number of unbranched alkanes of at least 4 members (excludes halogenated alkanes) is 1. The van der Waals surface area contributed by atoms with Gasteiger partial charge in [-0.15, -0.1) is 0 Å². The van der Waals surface area contributed by atoms with Crippen LogP contribution in [0.2, 0.25) is 0 Å². The molecular formula is C12H24N2O4. The monoisotopic (exact) mass is 260 g/mol. The minimum atomic E-state index is -0.281. The van der Waals surface area contributed by atoms with Crippen molar-refractivity contribution in [3.05, 3.63) is 0 Å². The lowest BCUT2D eigenvalue weighted by molar-refractivity contribution is -0.146. The van der Waals surface area contributed by atoms with Crippen LogP contribution >= 0.6 is 0 Å². The van der Waals surface area contributed by atoms with Gasteiger partial charge in [-0.3, -0.25) is 9.59 Å². The molecule has 0 rings (SSSR count). The van der Waals surface area contributed by atoms with Gasteiger partial charge < -0.3 is 20.9 Å². The van der Waals surface area contributed by atoms with Crippen LogP contribution in [0, 0.1) is 0 Å². The first-order chi connectivity index (χ1) is 8.41. The summed E-state index contributed by atoms with van der Waals surface area (Å²) in [4.78, 5) is 22.4. The molecule has 0 amide bonds. The minimum Gasteiger partial charge on any atom is -0.464 e.